The average Bonchev–Trinajstić information content (AvgIpc) is 2.72. The van der Waals surface area contributed by atoms with Crippen LogP contribution >= 0.6 is 0 Å². The topological polar surface area (TPSA) is 87.6 Å². The molecule has 168 valence electrons. The van der Waals surface area contributed by atoms with Gasteiger partial charge in [-0.15, -0.1) is 0 Å². The molecule has 1 fully saturated rings. The van der Waals surface area contributed by atoms with Gasteiger partial charge in [0.1, 0.15) is 11.4 Å². The Morgan fingerprint density at radius 2 is 1.77 bits per heavy atom. The van der Waals surface area contributed by atoms with Crippen molar-refractivity contribution in [3.63, 3.8) is 0 Å². The van der Waals surface area contributed by atoms with Gasteiger partial charge in [-0.3, -0.25) is 9.78 Å². The van der Waals surface area contributed by atoms with E-state index in [0.29, 0.717) is 18.9 Å². The van der Waals surface area contributed by atoms with Crippen molar-refractivity contribution in [3.8, 4) is 5.75 Å². The quantitative estimate of drug-likeness (QED) is 0.754. The van der Waals surface area contributed by atoms with Gasteiger partial charge in [0.05, 0.1) is 15.2 Å². The zero-order valence-electron chi connectivity index (χ0n) is 17.1. The van der Waals surface area contributed by atoms with Crippen LogP contribution in [0.5, 0.6) is 5.75 Å². The minimum Gasteiger partial charge on any atom is -0.508 e. The predicted molar refractivity (Wildman–Crippen MR) is 107 cm³/mol. The fourth-order valence-corrected chi connectivity index (χ4v) is 5.66. The van der Waals surface area contributed by atoms with Crippen LogP contribution in [-0.2, 0) is 16.0 Å². The van der Waals surface area contributed by atoms with Crippen LogP contribution in [0.15, 0.2) is 47.5 Å². The monoisotopic (exact) mass is 456 g/mol. The van der Waals surface area contributed by atoms with E-state index in [4.69, 9.17) is 0 Å². The number of hydrogen-bond acceptors (Lipinski definition) is 5. The minimum atomic E-state index is -4.64. The number of carbonyl (C=O) groups is 1. The number of piperidine rings is 1. The Kier molecular flexibility index (Phi) is 6.05. The Hall–Kier alpha value is -2.62. The largest absolute Gasteiger partial charge is 0.508 e. The molecule has 0 unspecified atom stereocenters. The molecule has 2 aromatic rings. The highest BCUT2D eigenvalue weighted by Crippen LogP contribution is 2.39. The lowest BCUT2D eigenvalue weighted by molar-refractivity contribution is -0.137. The zero-order valence-corrected chi connectivity index (χ0v) is 17.9. The lowest BCUT2D eigenvalue weighted by Crippen LogP contribution is -2.47. The number of pyridine rings is 1. The number of sulfone groups is 1. The van der Waals surface area contributed by atoms with Crippen LogP contribution < -0.4 is 0 Å². The summed E-state index contributed by atoms with van der Waals surface area (Å²) in [5.74, 6) is -0.803. The first kappa shape index (κ1) is 23.1. The summed E-state index contributed by atoms with van der Waals surface area (Å²) in [6, 6.07) is 6.39. The smallest absolute Gasteiger partial charge is 0.416 e. The number of amides is 1. The van der Waals surface area contributed by atoms with Gasteiger partial charge in [-0.1, -0.05) is 6.07 Å². The van der Waals surface area contributed by atoms with Crippen LogP contribution in [0, 0.1) is 5.92 Å². The van der Waals surface area contributed by atoms with Crippen molar-refractivity contribution < 1.29 is 31.5 Å². The van der Waals surface area contributed by atoms with Gasteiger partial charge < -0.3 is 10.0 Å². The number of benzene rings is 1. The summed E-state index contributed by atoms with van der Waals surface area (Å²) in [5, 5.41) is 9.53. The highest BCUT2D eigenvalue weighted by molar-refractivity contribution is 7.92. The molecule has 0 radical (unpaired) electrons. The lowest BCUT2D eigenvalue weighted by atomic mass is 9.85. The van der Waals surface area contributed by atoms with Gasteiger partial charge in [-0.2, -0.15) is 13.2 Å². The van der Waals surface area contributed by atoms with Crippen molar-refractivity contribution in [3.05, 3.63) is 53.9 Å². The number of aromatic hydroxyl groups is 1. The second-order valence-corrected chi connectivity index (χ2v) is 10.6. The molecule has 1 N–H and O–H groups in total. The van der Waals surface area contributed by atoms with Gasteiger partial charge in [-0.25, -0.2) is 8.42 Å². The van der Waals surface area contributed by atoms with Crippen molar-refractivity contribution in [2.24, 2.45) is 5.92 Å². The maximum absolute atomic E-state index is 13.2. The Morgan fingerprint density at radius 3 is 2.35 bits per heavy atom. The maximum atomic E-state index is 13.2. The van der Waals surface area contributed by atoms with Crippen molar-refractivity contribution in [2.45, 2.75) is 42.5 Å². The molecule has 3 rings (SSSR count). The van der Waals surface area contributed by atoms with Crippen LogP contribution in [0.4, 0.5) is 13.2 Å². The number of aromatic nitrogens is 1. The molecular weight excluding hydrogens is 433 g/mol. The third kappa shape index (κ3) is 4.53. The molecule has 1 aromatic carbocycles. The van der Waals surface area contributed by atoms with Gasteiger partial charge in [0.2, 0.25) is 0 Å². The fraction of sp³-hybridized carbons (Fsp3) is 0.429. The molecule has 0 aliphatic carbocycles. The first-order chi connectivity index (χ1) is 14.3. The SMILES string of the molecule is CC(C)(C1CCN(C(=O)c2cc(O)ccn2)CC1)S(=O)(=O)c1cccc(C(F)(F)F)c1. The van der Waals surface area contributed by atoms with E-state index in [1.165, 1.54) is 43.1 Å². The lowest BCUT2D eigenvalue weighted by Gasteiger charge is -2.40. The molecule has 2 heterocycles. The second-order valence-electron chi connectivity index (χ2n) is 8.10. The summed E-state index contributed by atoms with van der Waals surface area (Å²) in [5.41, 5.74) is -0.919. The number of carbonyl (C=O) groups excluding carboxylic acids is 1. The summed E-state index contributed by atoms with van der Waals surface area (Å²) >= 11 is 0. The van der Waals surface area contributed by atoms with Crippen LogP contribution in [0.2, 0.25) is 0 Å². The van der Waals surface area contributed by atoms with Crippen LogP contribution in [-0.4, -0.2) is 47.2 Å². The van der Waals surface area contributed by atoms with Crippen molar-refractivity contribution in [2.75, 3.05) is 13.1 Å². The molecule has 1 aliphatic rings. The average molecular weight is 456 g/mol. The Labute approximate surface area is 178 Å². The predicted octanol–water partition coefficient (Wildman–Crippen LogP) is 3.91. The molecule has 6 nitrogen and oxygen atoms in total. The van der Waals surface area contributed by atoms with Crippen molar-refractivity contribution in [1.29, 1.82) is 0 Å². The maximum Gasteiger partial charge on any atom is 0.416 e. The second kappa shape index (κ2) is 8.14. The van der Waals surface area contributed by atoms with Gasteiger partial charge in [0.25, 0.3) is 5.91 Å². The Balaban J connectivity index is 1.77. The van der Waals surface area contributed by atoms with Crippen molar-refractivity contribution >= 4 is 15.7 Å². The molecule has 10 heteroatoms. The van der Waals surface area contributed by atoms with Crippen LogP contribution in [0.25, 0.3) is 0 Å². The highest BCUT2D eigenvalue weighted by Gasteiger charge is 2.45. The first-order valence-electron chi connectivity index (χ1n) is 9.70. The number of alkyl halides is 3. The van der Waals surface area contributed by atoms with E-state index >= 15 is 0 Å². The highest BCUT2D eigenvalue weighted by atomic mass is 32.2. The van der Waals surface area contributed by atoms with Crippen LogP contribution in [0.3, 0.4) is 0 Å². The molecule has 0 spiro atoms. The molecule has 1 aliphatic heterocycles. The molecule has 0 atom stereocenters. The van der Waals surface area contributed by atoms with Crippen molar-refractivity contribution in [1.82, 2.24) is 9.88 Å². The van der Waals surface area contributed by atoms with Gasteiger partial charge in [-0.05, 0) is 56.9 Å². The van der Waals surface area contributed by atoms with E-state index in [1.807, 2.05) is 0 Å². The van der Waals surface area contributed by atoms with Gasteiger partial charge in [0.15, 0.2) is 9.84 Å². The normalized spacial score (nSPS) is 16.4. The van der Waals surface area contributed by atoms with E-state index in [9.17, 15) is 31.5 Å². The fourth-order valence-electron chi connectivity index (χ4n) is 3.84. The van der Waals surface area contributed by atoms with E-state index < -0.39 is 26.3 Å². The third-order valence-electron chi connectivity index (χ3n) is 5.89. The van der Waals surface area contributed by atoms with Crippen LogP contribution in [0.1, 0.15) is 42.7 Å². The number of rotatable bonds is 4. The van der Waals surface area contributed by atoms with E-state index in [1.54, 1.807) is 0 Å². The molecule has 1 aromatic heterocycles. The molecule has 0 saturated carbocycles. The summed E-state index contributed by atoms with van der Waals surface area (Å²) < 4.78 is 64.2. The third-order valence-corrected chi connectivity index (χ3v) is 8.49. The molecule has 1 amide bonds. The number of likely N-dealkylation sites (tertiary alicyclic amines) is 1. The van der Waals surface area contributed by atoms with Gasteiger partial charge in [0, 0.05) is 25.4 Å². The minimum absolute atomic E-state index is 0.0819. The summed E-state index contributed by atoms with van der Waals surface area (Å²) in [6.45, 7) is 3.59. The van der Waals surface area contributed by atoms with E-state index in [2.05, 4.69) is 4.98 Å². The number of nitrogens with zero attached hydrogens (tertiary/aromatic N) is 2. The molecule has 31 heavy (non-hydrogen) atoms. The number of hydrogen-bond donors (Lipinski definition) is 1. The van der Waals surface area contributed by atoms with E-state index in [-0.39, 0.29) is 41.3 Å². The summed E-state index contributed by atoms with van der Waals surface area (Å²) in [6.07, 6.45) is -2.58. The molecule has 1 saturated heterocycles. The standard InChI is InChI=1S/C21H23F3N2O4S/c1-20(2,31(29,30)17-5-3-4-15(12-17)21(22,23)24)14-7-10-26(11-8-14)19(28)18-13-16(27)6-9-25-18/h3-6,9,12-14H,7-8,10-11H2,1-2H3,(H,25,27). The Bertz CT molecular complexity index is 1080. The Morgan fingerprint density at radius 1 is 1.13 bits per heavy atom. The zero-order chi connectivity index (χ0) is 23.0. The summed E-state index contributed by atoms with van der Waals surface area (Å²) in [7, 11) is -4.07. The first-order valence-corrected chi connectivity index (χ1v) is 11.2. The summed E-state index contributed by atoms with van der Waals surface area (Å²) in [4.78, 5) is 17.7. The number of halogens is 3. The van der Waals surface area contributed by atoms with E-state index in [0.717, 1.165) is 12.1 Å². The van der Waals surface area contributed by atoms with Gasteiger partial charge >= 0.3 is 6.18 Å². The molecular formula is C21H23F3N2O4S. The molecule has 0 bridgehead atoms.